The molecule has 1 aliphatic rings. The van der Waals surface area contributed by atoms with Gasteiger partial charge in [0.1, 0.15) is 0 Å². The third-order valence-electron chi connectivity index (χ3n) is 3.90. The fraction of sp³-hybridized carbons (Fsp3) is 0.688. The van der Waals surface area contributed by atoms with Crippen LogP contribution in [0.15, 0.2) is 11.1 Å². The minimum absolute atomic E-state index is 0.455. The van der Waals surface area contributed by atoms with E-state index in [1.165, 1.54) is 24.1 Å². The van der Waals surface area contributed by atoms with Crippen molar-refractivity contribution in [2.45, 2.75) is 39.7 Å². The van der Waals surface area contributed by atoms with E-state index in [-0.39, 0.29) is 0 Å². The number of methoxy groups -OCH3 is 1. The zero-order valence-corrected chi connectivity index (χ0v) is 14.4. The summed E-state index contributed by atoms with van der Waals surface area (Å²) in [7, 11) is 3.50. The monoisotopic (exact) mass is 309 g/mol. The first-order valence-electron chi connectivity index (χ1n) is 7.58. The summed E-state index contributed by atoms with van der Waals surface area (Å²) >= 11 is 1.95. The van der Waals surface area contributed by atoms with Crippen molar-refractivity contribution in [1.29, 1.82) is 0 Å². The van der Waals surface area contributed by atoms with Crippen molar-refractivity contribution in [3.63, 3.8) is 0 Å². The number of ether oxygens (including phenoxy) is 1. The predicted molar refractivity (Wildman–Crippen MR) is 90.2 cm³/mol. The van der Waals surface area contributed by atoms with Crippen molar-refractivity contribution in [3.05, 3.63) is 21.4 Å². The second kappa shape index (κ2) is 7.27. The number of fused-ring (bicyclic) bond motifs is 1. The molecule has 1 aromatic rings. The summed E-state index contributed by atoms with van der Waals surface area (Å²) in [6, 6.07) is 2.37. The number of guanidine groups is 1. The Morgan fingerprint density at radius 1 is 1.43 bits per heavy atom. The van der Waals surface area contributed by atoms with Crippen LogP contribution in [0.3, 0.4) is 0 Å². The van der Waals surface area contributed by atoms with Gasteiger partial charge in [0, 0.05) is 30.5 Å². The van der Waals surface area contributed by atoms with Crippen molar-refractivity contribution in [3.8, 4) is 0 Å². The molecule has 0 atom stereocenters. The highest BCUT2D eigenvalue weighted by Gasteiger charge is 2.26. The van der Waals surface area contributed by atoms with Gasteiger partial charge in [-0.2, -0.15) is 0 Å². The first-order valence-corrected chi connectivity index (χ1v) is 8.39. The summed E-state index contributed by atoms with van der Waals surface area (Å²) < 4.78 is 5.03. The molecule has 0 spiro atoms. The van der Waals surface area contributed by atoms with Crippen molar-refractivity contribution >= 4 is 17.3 Å². The van der Waals surface area contributed by atoms with Gasteiger partial charge in [-0.1, -0.05) is 13.8 Å². The van der Waals surface area contributed by atoms with E-state index in [2.05, 4.69) is 35.5 Å². The fourth-order valence-corrected chi connectivity index (χ4v) is 3.82. The highest BCUT2D eigenvalue weighted by molar-refractivity contribution is 7.12. The molecular weight excluding hydrogens is 282 g/mol. The predicted octanol–water partition coefficient (Wildman–Crippen LogP) is 2.57. The smallest absolute Gasteiger partial charge is 0.191 e. The van der Waals surface area contributed by atoms with E-state index in [0.29, 0.717) is 12.0 Å². The van der Waals surface area contributed by atoms with Crippen LogP contribution in [0.4, 0.5) is 0 Å². The normalized spacial score (nSPS) is 17.4. The zero-order chi connectivity index (χ0) is 15.3. The Labute approximate surface area is 132 Å². The molecule has 1 aromatic heterocycles. The Kier molecular flexibility index (Phi) is 5.65. The number of hydrogen-bond acceptors (Lipinski definition) is 3. The molecule has 0 amide bonds. The molecule has 4 nitrogen and oxygen atoms in total. The Bertz CT molecular complexity index is 494. The second-order valence-corrected chi connectivity index (χ2v) is 7.57. The molecule has 118 valence electrons. The van der Waals surface area contributed by atoms with Crippen LogP contribution in [0, 0.1) is 5.41 Å². The number of nitrogens with one attached hydrogen (secondary N) is 2. The molecule has 0 radical (unpaired) electrons. The van der Waals surface area contributed by atoms with Crippen LogP contribution in [0.25, 0.3) is 0 Å². The standard InChI is InChI=1S/C16H27N3OS/c1-16(2)6-5-14-12(10-16)9-13(21-14)11-19-15(17-3)18-7-8-20-4/h9H,5-8,10-11H2,1-4H3,(H2,17,18,19). The molecule has 0 saturated carbocycles. The first kappa shape index (κ1) is 16.3. The number of nitrogens with zero attached hydrogens (tertiary/aromatic N) is 1. The van der Waals surface area contributed by atoms with Gasteiger partial charge in [0.2, 0.25) is 0 Å². The average Bonchev–Trinajstić information content (AvgIpc) is 2.83. The third kappa shape index (κ3) is 4.71. The van der Waals surface area contributed by atoms with Crippen molar-refractivity contribution in [1.82, 2.24) is 10.6 Å². The number of thiophene rings is 1. The van der Waals surface area contributed by atoms with Gasteiger partial charge in [0.15, 0.2) is 5.96 Å². The van der Waals surface area contributed by atoms with Gasteiger partial charge in [-0.25, -0.2) is 0 Å². The molecule has 0 aromatic carbocycles. The van der Waals surface area contributed by atoms with Crippen LogP contribution in [0.2, 0.25) is 0 Å². The van der Waals surface area contributed by atoms with E-state index in [4.69, 9.17) is 4.74 Å². The first-order chi connectivity index (χ1) is 10.0. The third-order valence-corrected chi connectivity index (χ3v) is 5.13. The average molecular weight is 309 g/mol. The van der Waals surface area contributed by atoms with Gasteiger partial charge in [-0.3, -0.25) is 4.99 Å². The van der Waals surface area contributed by atoms with Gasteiger partial charge < -0.3 is 15.4 Å². The molecule has 0 fully saturated rings. The largest absolute Gasteiger partial charge is 0.383 e. The highest BCUT2D eigenvalue weighted by atomic mass is 32.1. The lowest BCUT2D eigenvalue weighted by Gasteiger charge is -2.29. The molecule has 0 unspecified atom stereocenters. The topological polar surface area (TPSA) is 45.7 Å². The number of aryl methyl sites for hydroxylation is 1. The van der Waals surface area contributed by atoms with Crippen molar-refractivity contribution < 1.29 is 4.74 Å². The Balaban J connectivity index is 1.88. The van der Waals surface area contributed by atoms with Crippen LogP contribution < -0.4 is 10.6 Å². The Hall–Kier alpha value is -1.07. The van der Waals surface area contributed by atoms with Crippen LogP contribution in [-0.4, -0.2) is 33.3 Å². The van der Waals surface area contributed by atoms with Crippen LogP contribution >= 0.6 is 11.3 Å². The van der Waals surface area contributed by atoms with Crippen LogP contribution in [0.5, 0.6) is 0 Å². The summed E-state index contributed by atoms with van der Waals surface area (Å²) in [5.41, 5.74) is 2.01. The van der Waals surface area contributed by atoms with E-state index in [9.17, 15) is 0 Å². The molecule has 0 saturated heterocycles. The lowest BCUT2D eigenvalue weighted by atomic mass is 9.77. The minimum atomic E-state index is 0.455. The molecule has 1 aliphatic carbocycles. The van der Waals surface area contributed by atoms with Crippen LogP contribution in [0.1, 0.15) is 35.6 Å². The SMILES string of the molecule is CN=C(NCCOC)NCc1cc2c(s1)CCC(C)(C)C2. The Morgan fingerprint density at radius 2 is 2.24 bits per heavy atom. The summed E-state index contributed by atoms with van der Waals surface area (Å²) in [5.74, 6) is 0.832. The zero-order valence-electron chi connectivity index (χ0n) is 13.6. The van der Waals surface area contributed by atoms with Gasteiger partial charge >= 0.3 is 0 Å². The lowest BCUT2D eigenvalue weighted by Crippen LogP contribution is -2.38. The molecule has 21 heavy (non-hydrogen) atoms. The van der Waals surface area contributed by atoms with Crippen molar-refractivity contribution in [2.75, 3.05) is 27.3 Å². The van der Waals surface area contributed by atoms with E-state index in [0.717, 1.165) is 19.0 Å². The summed E-state index contributed by atoms with van der Waals surface area (Å²) in [6.07, 6.45) is 3.74. The number of rotatable bonds is 5. The summed E-state index contributed by atoms with van der Waals surface area (Å²) in [6.45, 7) is 7.03. The fourth-order valence-electron chi connectivity index (χ4n) is 2.70. The molecule has 2 N–H and O–H groups in total. The second-order valence-electron chi connectivity index (χ2n) is 6.35. The quantitative estimate of drug-likeness (QED) is 0.499. The summed E-state index contributed by atoms with van der Waals surface area (Å²) in [5, 5.41) is 6.60. The van der Waals surface area contributed by atoms with E-state index < -0.39 is 0 Å². The lowest BCUT2D eigenvalue weighted by molar-refractivity contribution is 0.203. The molecule has 2 rings (SSSR count). The van der Waals surface area contributed by atoms with E-state index in [1.54, 1.807) is 24.6 Å². The van der Waals surface area contributed by atoms with Gasteiger partial charge in [-0.15, -0.1) is 11.3 Å². The minimum Gasteiger partial charge on any atom is -0.383 e. The highest BCUT2D eigenvalue weighted by Crippen LogP contribution is 2.38. The maximum Gasteiger partial charge on any atom is 0.191 e. The van der Waals surface area contributed by atoms with Crippen molar-refractivity contribution in [2.24, 2.45) is 10.4 Å². The van der Waals surface area contributed by atoms with E-state index in [1.807, 2.05) is 11.3 Å². The Morgan fingerprint density at radius 3 is 2.95 bits per heavy atom. The molecule has 1 heterocycles. The molecule has 0 bridgehead atoms. The van der Waals surface area contributed by atoms with Gasteiger partial charge in [0.25, 0.3) is 0 Å². The van der Waals surface area contributed by atoms with Gasteiger partial charge in [0.05, 0.1) is 13.2 Å². The molecular formula is C16H27N3OS. The van der Waals surface area contributed by atoms with Gasteiger partial charge in [-0.05, 0) is 36.3 Å². The van der Waals surface area contributed by atoms with E-state index >= 15 is 0 Å². The number of hydrogen-bond donors (Lipinski definition) is 2. The molecule has 5 heteroatoms. The maximum atomic E-state index is 5.03. The molecule has 0 aliphatic heterocycles. The van der Waals surface area contributed by atoms with Crippen LogP contribution in [-0.2, 0) is 24.1 Å². The maximum absolute atomic E-state index is 5.03. The number of aliphatic imine (C=N–C) groups is 1. The summed E-state index contributed by atoms with van der Waals surface area (Å²) in [4.78, 5) is 7.20.